The van der Waals surface area contributed by atoms with E-state index in [0.29, 0.717) is 11.2 Å². The Bertz CT molecular complexity index is 1060. The summed E-state index contributed by atoms with van der Waals surface area (Å²) in [5.41, 5.74) is 0.253. The second-order valence-electron chi connectivity index (χ2n) is 5.42. The molecular weight excluding hydrogens is 356 g/mol. The van der Waals surface area contributed by atoms with Crippen LogP contribution in [0.1, 0.15) is 0 Å². The van der Waals surface area contributed by atoms with Crippen LogP contribution in [0.15, 0.2) is 58.5 Å². The number of nitrogens with one attached hydrogen (secondary N) is 1. The van der Waals surface area contributed by atoms with Gasteiger partial charge in [-0.05, 0) is 30.5 Å². The van der Waals surface area contributed by atoms with Gasteiger partial charge in [-0.15, -0.1) is 11.8 Å². The van der Waals surface area contributed by atoms with Gasteiger partial charge >= 0.3 is 0 Å². The SMILES string of the molecule is CSc1cccc(NC(=O)Cn2cnc3ccc([N+](=O)[O-])cc3c2=O)c1. The molecule has 1 N–H and O–H groups in total. The highest BCUT2D eigenvalue weighted by Gasteiger charge is 2.12. The summed E-state index contributed by atoms with van der Waals surface area (Å²) in [6, 6.07) is 11.2. The quantitative estimate of drug-likeness (QED) is 0.420. The number of hydrogen-bond donors (Lipinski definition) is 1. The summed E-state index contributed by atoms with van der Waals surface area (Å²) in [7, 11) is 0. The average Bonchev–Trinajstić information content (AvgIpc) is 2.64. The maximum atomic E-state index is 12.5. The van der Waals surface area contributed by atoms with Crippen molar-refractivity contribution < 1.29 is 9.72 Å². The van der Waals surface area contributed by atoms with Crippen molar-refractivity contribution in [1.82, 2.24) is 9.55 Å². The number of hydrogen-bond acceptors (Lipinski definition) is 6. The van der Waals surface area contributed by atoms with E-state index in [1.807, 2.05) is 24.5 Å². The zero-order valence-corrected chi connectivity index (χ0v) is 14.5. The number of anilines is 1. The summed E-state index contributed by atoms with van der Waals surface area (Å²) in [6.07, 6.45) is 3.19. The topological polar surface area (TPSA) is 107 Å². The molecule has 0 aliphatic heterocycles. The third kappa shape index (κ3) is 3.72. The summed E-state index contributed by atoms with van der Waals surface area (Å²) < 4.78 is 1.12. The minimum Gasteiger partial charge on any atom is -0.324 e. The number of non-ortho nitro benzene ring substituents is 1. The van der Waals surface area contributed by atoms with Gasteiger partial charge in [0.2, 0.25) is 5.91 Å². The van der Waals surface area contributed by atoms with Gasteiger partial charge in [-0.1, -0.05) is 6.07 Å². The van der Waals surface area contributed by atoms with Crippen LogP contribution in [0.5, 0.6) is 0 Å². The highest BCUT2D eigenvalue weighted by molar-refractivity contribution is 7.98. The smallest absolute Gasteiger partial charge is 0.270 e. The fourth-order valence-electron chi connectivity index (χ4n) is 2.43. The first-order valence-electron chi connectivity index (χ1n) is 7.55. The van der Waals surface area contributed by atoms with E-state index in [9.17, 15) is 19.7 Å². The molecule has 0 bridgehead atoms. The number of benzene rings is 2. The summed E-state index contributed by atoms with van der Waals surface area (Å²) >= 11 is 1.55. The fourth-order valence-corrected chi connectivity index (χ4v) is 2.89. The van der Waals surface area contributed by atoms with E-state index in [1.54, 1.807) is 17.8 Å². The third-order valence-electron chi connectivity index (χ3n) is 3.69. The molecular formula is C17H14N4O4S. The number of thioether (sulfide) groups is 1. The number of fused-ring (bicyclic) bond motifs is 1. The molecule has 9 heteroatoms. The van der Waals surface area contributed by atoms with Crippen LogP contribution in [0.4, 0.5) is 11.4 Å². The molecule has 0 aliphatic rings. The normalized spacial score (nSPS) is 10.7. The van der Waals surface area contributed by atoms with Gasteiger partial charge in [0.25, 0.3) is 11.2 Å². The van der Waals surface area contributed by atoms with Crippen LogP contribution < -0.4 is 10.9 Å². The lowest BCUT2D eigenvalue weighted by molar-refractivity contribution is -0.384. The molecule has 0 saturated heterocycles. The Balaban J connectivity index is 1.85. The summed E-state index contributed by atoms with van der Waals surface area (Å²) in [5, 5.41) is 13.7. The van der Waals surface area contributed by atoms with E-state index in [-0.39, 0.29) is 17.6 Å². The number of amides is 1. The number of carbonyl (C=O) groups excluding carboxylic acids is 1. The largest absolute Gasteiger partial charge is 0.324 e. The van der Waals surface area contributed by atoms with Crippen LogP contribution in [0, 0.1) is 10.1 Å². The molecule has 3 aromatic rings. The van der Waals surface area contributed by atoms with Crippen LogP contribution in [-0.4, -0.2) is 26.6 Å². The third-order valence-corrected chi connectivity index (χ3v) is 4.41. The Morgan fingerprint density at radius 1 is 1.31 bits per heavy atom. The first-order valence-corrected chi connectivity index (χ1v) is 8.78. The molecule has 26 heavy (non-hydrogen) atoms. The molecule has 8 nitrogen and oxygen atoms in total. The van der Waals surface area contributed by atoms with E-state index in [0.717, 1.165) is 9.46 Å². The minimum absolute atomic E-state index is 0.0962. The molecule has 1 aromatic heterocycles. The van der Waals surface area contributed by atoms with Crippen molar-refractivity contribution in [2.75, 3.05) is 11.6 Å². The Labute approximate surface area is 152 Å². The Kier molecular flexibility index (Phi) is 4.99. The molecule has 0 fully saturated rings. The first kappa shape index (κ1) is 17.6. The van der Waals surface area contributed by atoms with E-state index >= 15 is 0 Å². The number of nitro benzene ring substituents is 1. The van der Waals surface area contributed by atoms with Crippen LogP contribution in [0.25, 0.3) is 10.9 Å². The van der Waals surface area contributed by atoms with Crippen LogP contribution in [0.3, 0.4) is 0 Å². The molecule has 0 saturated carbocycles. The predicted molar refractivity (Wildman–Crippen MR) is 99.5 cm³/mol. The Hall–Kier alpha value is -3.20. The van der Waals surface area contributed by atoms with Gasteiger partial charge in [0.15, 0.2) is 0 Å². The van der Waals surface area contributed by atoms with E-state index < -0.39 is 16.4 Å². The van der Waals surface area contributed by atoms with Crippen molar-refractivity contribution in [1.29, 1.82) is 0 Å². The predicted octanol–water partition coefficient (Wildman–Crippen LogP) is 2.67. The first-order chi connectivity index (χ1) is 12.5. The Morgan fingerprint density at radius 2 is 2.12 bits per heavy atom. The molecule has 1 heterocycles. The van der Waals surface area contributed by atoms with E-state index in [4.69, 9.17) is 0 Å². The van der Waals surface area contributed by atoms with Gasteiger partial charge in [-0.3, -0.25) is 24.3 Å². The Morgan fingerprint density at radius 3 is 2.85 bits per heavy atom. The van der Waals surface area contributed by atoms with Gasteiger partial charge < -0.3 is 5.32 Å². The van der Waals surface area contributed by atoms with Crippen LogP contribution >= 0.6 is 11.8 Å². The fraction of sp³-hybridized carbons (Fsp3) is 0.118. The lowest BCUT2D eigenvalue weighted by Crippen LogP contribution is -2.28. The van der Waals surface area contributed by atoms with Crippen molar-refractivity contribution in [3.8, 4) is 0 Å². The number of aromatic nitrogens is 2. The second kappa shape index (κ2) is 7.36. The van der Waals surface area contributed by atoms with E-state index in [2.05, 4.69) is 10.3 Å². The van der Waals surface area contributed by atoms with Crippen molar-refractivity contribution in [2.45, 2.75) is 11.4 Å². The number of carbonyl (C=O) groups is 1. The number of rotatable bonds is 5. The molecule has 0 atom stereocenters. The van der Waals surface area contributed by atoms with Gasteiger partial charge in [0.1, 0.15) is 6.54 Å². The molecule has 3 rings (SSSR count). The lowest BCUT2D eigenvalue weighted by Gasteiger charge is -2.09. The highest BCUT2D eigenvalue weighted by atomic mass is 32.2. The molecule has 0 unspecified atom stereocenters. The minimum atomic E-state index is -0.582. The lowest BCUT2D eigenvalue weighted by atomic mass is 10.2. The van der Waals surface area contributed by atoms with Gasteiger partial charge in [-0.2, -0.15) is 0 Å². The second-order valence-corrected chi connectivity index (χ2v) is 6.30. The zero-order chi connectivity index (χ0) is 18.7. The molecule has 1 amide bonds. The summed E-state index contributed by atoms with van der Waals surface area (Å²) in [4.78, 5) is 40.1. The monoisotopic (exact) mass is 370 g/mol. The average molecular weight is 370 g/mol. The molecule has 132 valence electrons. The maximum Gasteiger partial charge on any atom is 0.270 e. The van der Waals surface area contributed by atoms with Gasteiger partial charge in [-0.25, -0.2) is 4.98 Å². The molecule has 0 aliphatic carbocycles. The van der Waals surface area contributed by atoms with Crippen LogP contribution in [-0.2, 0) is 11.3 Å². The molecule has 0 spiro atoms. The van der Waals surface area contributed by atoms with Crippen molar-refractivity contribution in [3.05, 3.63) is 69.3 Å². The summed E-state index contributed by atoms with van der Waals surface area (Å²) in [6.45, 7) is -0.242. The number of nitro groups is 1. The van der Waals surface area contributed by atoms with Crippen molar-refractivity contribution in [2.24, 2.45) is 0 Å². The van der Waals surface area contributed by atoms with Crippen molar-refractivity contribution >= 4 is 39.9 Å². The van der Waals surface area contributed by atoms with E-state index in [1.165, 1.54) is 24.5 Å². The highest BCUT2D eigenvalue weighted by Crippen LogP contribution is 2.19. The summed E-state index contributed by atoms with van der Waals surface area (Å²) in [5.74, 6) is -0.392. The zero-order valence-electron chi connectivity index (χ0n) is 13.7. The molecule has 2 aromatic carbocycles. The number of nitrogens with zero attached hydrogens (tertiary/aromatic N) is 3. The van der Waals surface area contributed by atoms with Gasteiger partial charge in [0, 0.05) is 22.7 Å². The molecule has 0 radical (unpaired) electrons. The maximum absolute atomic E-state index is 12.5. The van der Waals surface area contributed by atoms with Gasteiger partial charge in [0.05, 0.1) is 22.2 Å². The van der Waals surface area contributed by atoms with Crippen molar-refractivity contribution in [3.63, 3.8) is 0 Å². The van der Waals surface area contributed by atoms with Crippen LogP contribution in [0.2, 0.25) is 0 Å². The standard InChI is InChI=1S/C17H14N4O4S/c1-26-13-4-2-3-11(7-13)19-16(22)9-20-10-18-15-6-5-12(21(24)25)8-14(15)17(20)23/h2-8,10H,9H2,1H3,(H,19,22).